The molecule has 2 aliphatic rings. The van der Waals surface area contributed by atoms with Crippen LogP contribution in [0.2, 0.25) is 18.1 Å². The highest BCUT2D eigenvalue weighted by atomic mass is 28.4. The van der Waals surface area contributed by atoms with Crippen LogP contribution < -0.4 is 0 Å². The van der Waals surface area contributed by atoms with Crippen LogP contribution in [0.25, 0.3) is 0 Å². The van der Waals surface area contributed by atoms with E-state index in [2.05, 4.69) is 46.0 Å². The van der Waals surface area contributed by atoms with Crippen LogP contribution in [0, 0.1) is 0 Å². The van der Waals surface area contributed by atoms with Crippen LogP contribution in [0.4, 0.5) is 0 Å². The van der Waals surface area contributed by atoms with Gasteiger partial charge in [0.15, 0.2) is 14.5 Å². The number of benzene rings is 1. The van der Waals surface area contributed by atoms with Crippen molar-refractivity contribution in [3.63, 3.8) is 0 Å². The molecule has 0 saturated carbocycles. The van der Waals surface area contributed by atoms with Gasteiger partial charge in [-0.3, -0.25) is 4.79 Å². The second-order valence-electron chi connectivity index (χ2n) is 8.41. The molecule has 0 aromatic heterocycles. The van der Waals surface area contributed by atoms with Gasteiger partial charge >= 0.3 is 0 Å². The van der Waals surface area contributed by atoms with Gasteiger partial charge in [0.2, 0.25) is 5.91 Å². The summed E-state index contributed by atoms with van der Waals surface area (Å²) in [5.41, 5.74) is 1.14. The summed E-state index contributed by atoms with van der Waals surface area (Å²) in [4.78, 5) is 14.5. The molecule has 1 aromatic carbocycles. The first kappa shape index (κ1) is 17.6. The molecule has 2 heterocycles. The summed E-state index contributed by atoms with van der Waals surface area (Å²) in [6.45, 7) is 11.8. The first-order valence-electron chi connectivity index (χ1n) is 8.86. The highest BCUT2D eigenvalue weighted by Gasteiger charge is 2.49. The third-order valence-corrected chi connectivity index (χ3v) is 10.2. The van der Waals surface area contributed by atoms with Gasteiger partial charge in [0, 0.05) is 6.42 Å². The second kappa shape index (κ2) is 6.28. The van der Waals surface area contributed by atoms with Crippen LogP contribution in [-0.2, 0) is 14.0 Å². The fraction of sp³-hybridized carbons (Fsp3) is 0.632. The first-order valence-corrected chi connectivity index (χ1v) is 11.8. The average Bonchev–Trinajstić information content (AvgIpc) is 2.96. The molecule has 0 unspecified atom stereocenters. The van der Waals surface area contributed by atoms with Crippen molar-refractivity contribution in [2.24, 2.45) is 0 Å². The van der Waals surface area contributed by atoms with Crippen LogP contribution in [0.15, 0.2) is 30.3 Å². The summed E-state index contributed by atoms with van der Waals surface area (Å²) in [6, 6.07) is 10.2. The van der Waals surface area contributed by atoms with Crippen LogP contribution in [0.3, 0.4) is 0 Å². The number of rotatable bonds is 3. The Kier molecular flexibility index (Phi) is 4.62. The molecule has 0 radical (unpaired) electrons. The Hall–Kier alpha value is -1.17. The number of carbonyl (C=O) groups excluding carboxylic acids is 1. The van der Waals surface area contributed by atoms with Gasteiger partial charge in [-0.05, 0) is 30.1 Å². The molecule has 2 saturated heterocycles. The summed E-state index contributed by atoms with van der Waals surface area (Å²) >= 11 is 0. The lowest BCUT2D eigenvalue weighted by Gasteiger charge is -2.44. The second-order valence-corrected chi connectivity index (χ2v) is 13.2. The van der Waals surface area contributed by atoms with E-state index in [0.717, 1.165) is 12.0 Å². The Bertz CT molecular complexity index is 596. The highest BCUT2D eigenvalue weighted by molar-refractivity contribution is 6.74. The van der Waals surface area contributed by atoms with E-state index < -0.39 is 8.32 Å². The summed E-state index contributed by atoms with van der Waals surface area (Å²) in [5, 5.41) is 0.150. The number of fused-ring (bicyclic) bond motifs is 1. The molecule has 1 amide bonds. The van der Waals surface area contributed by atoms with Gasteiger partial charge in [0.05, 0.1) is 18.8 Å². The normalized spacial score (nSPS) is 28.1. The highest BCUT2D eigenvalue weighted by Crippen LogP contribution is 2.42. The van der Waals surface area contributed by atoms with Gasteiger partial charge in [-0.25, -0.2) is 0 Å². The summed E-state index contributed by atoms with van der Waals surface area (Å²) in [6.07, 6.45) is 1.04. The molecule has 132 valence electrons. The Morgan fingerprint density at radius 3 is 2.50 bits per heavy atom. The maximum absolute atomic E-state index is 12.6. The Labute approximate surface area is 146 Å². The number of carbonyl (C=O) groups is 1. The van der Waals surface area contributed by atoms with Crippen molar-refractivity contribution < 1.29 is 14.0 Å². The van der Waals surface area contributed by atoms with Crippen molar-refractivity contribution in [1.82, 2.24) is 4.90 Å². The SMILES string of the molecule is CC(C)(C)[Si](C)(C)O[C@@H]1CCC(=O)N2[C@@H]1OC[C@H]2c1ccccc1. The molecule has 0 spiro atoms. The molecule has 4 nitrogen and oxygen atoms in total. The lowest BCUT2D eigenvalue weighted by atomic mass is 10.0. The molecule has 0 aliphatic carbocycles. The van der Waals surface area contributed by atoms with Crippen molar-refractivity contribution in [1.29, 1.82) is 0 Å². The number of ether oxygens (including phenoxy) is 1. The minimum atomic E-state index is -1.89. The molecular formula is C19H29NO3Si. The molecule has 24 heavy (non-hydrogen) atoms. The van der Waals surface area contributed by atoms with E-state index in [1.165, 1.54) is 0 Å². The molecule has 0 N–H and O–H groups in total. The molecule has 3 rings (SSSR count). The van der Waals surface area contributed by atoms with Gasteiger partial charge in [-0.2, -0.15) is 0 Å². The van der Waals surface area contributed by atoms with Gasteiger partial charge in [-0.15, -0.1) is 0 Å². The topological polar surface area (TPSA) is 38.8 Å². The van der Waals surface area contributed by atoms with Crippen molar-refractivity contribution in [2.75, 3.05) is 6.61 Å². The van der Waals surface area contributed by atoms with Crippen LogP contribution in [-0.4, -0.2) is 38.1 Å². The maximum atomic E-state index is 12.6. The van der Waals surface area contributed by atoms with E-state index >= 15 is 0 Å². The smallest absolute Gasteiger partial charge is 0.225 e. The molecule has 3 atom stereocenters. The number of piperidine rings is 1. The quantitative estimate of drug-likeness (QED) is 0.773. The van der Waals surface area contributed by atoms with Gasteiger partial charge in [0.1, 0.15) is 0 Å². The van der Waals surface area contributed by atoms with E-state index in [0.29, 0.717) is 13.0 Å². The molecule has 1 aromatic rings. The third kappa shape index (κ3) is 3.17. The standard InChI is InChI=1S/C19H29NO3Si/c1-19(2,3)24(4,5)23-16-11-12-17(21)20-15(13-22-18(16)20)14-9-7-6-8-10-14/h6-10,15-16,18H,11-13H2,1-5H3/t15-,16+,18+/m0/s1. The number of hydrogen-bond donors (Lipinski definition) is 0. The lowest BCUT2D eigenvalue weighted by Crippen LogP contribution is -2.54. The fourth-order valence-electron chi connectivity index (χ4n) is 3.27. The largest absolute Gasteiger partial charge is 0.409 e. The third-order valence-electron chi connectivity index (χ3n) is 5.72. The zero-order valence-corrected chi connectivity index (χ0v) is 16.4. The van der Waals surface area contributed by atoms with Crippen LogP contribution >= 0.6 is 0 Å². The van der Waals surface area contributed by atoms with Gasteiger partial charge in [0.25, 0.3) is 0 Å². The lowest BCUT2D eigenvalue weighted by molar-refractivity contribution is -0.152. The van der Waals surface area contributed by atoms with E-state index in [1.54, 1.807) is 0 Å². The average molecular weight is 348 g/mol. The zero-order chi connectivity index (χ0) is 17.5. The summed E-state index contributed by atoms with van der Waals surface area (Å²) in [7, 11) is -1.89. The predicted molar refractivity (Wildman–Crippen MR) is 97.1 cm³/mol. The summed E-state index contributed by atoms with van der Waals surface area (Å²) < 4.78 is 12.7. The number of amides is 1. The minimum Gasteiger partial charge on any atom is -0.409 e. The minimum absolute atomic E-state index is 0.00881. The zero-order valence-electron chi connectivity index (χ0n) is 15.4. The van der Waals surface area contributed by atoms with E-state index in [1.807, 2.05) is 23.1 Å². The van der Waals surface area contributed by atoms with Crippen molar-refractivity contribution in [3.05, 3.63) is 35.9 Å². The van der Waals surface area contributed by atoms with E-state index in [9.17, 15) is 4.79 Å². The Morgan fingerprint density at radius 1 is 1.21 bits per heavy atom. The van der Waals surface area contributed by atoms with Crippen LogP contribution in [0.1, 0.15) is 45.2 Å². The van der Waals surface area contributed by atoms with Crippen molar-refractivity contribution in [2.45, 2.75) is 70.1 Å². The fourth-order valence-corrected chi connectivity index (χ4v) is 4.62. The Balaban J connectivity index is 1.81. The Morgan fingerprint density at radius 2 is 1.88 bits per heavy atom. The molecular weight excluding hydrogens is 318 g/mol. The monoisotopic (exact) mass is 347 g/mol. The van der Waals surface area contributed by atoms with Crippen molar-refractivity contribution in [3.8, 4) is 0 Å². The molecule has 2 fully saturated rings. The summed E-state index contributed by atoms with van der Waals surface area (Å²) in [5.74, 6) is 0.182. The molecule has 2 aliphatic heterocycles. The number of hydrogen-bond acceptors (Lipinski definition) is 3. The predicted octanol–water partition coefficient (Wildman–Crippen LogP) is 4.10. The first-order chi connectivity index (χ1) is 11.2. The maximum Gasteiger partial charge on any atom is 0.225 e. The van der Waals surface area contributed by atoms with E-state index in [-0.39, 0.29) is 29.3 Å². The molecule has 0 bridgehead atoms. The van der Waals surface area contributed by atoms with Gasteiger partial charge in [-0.1, -0.05) is 51.1 Å². The van der Waals surface area contributed by atoms with Crippen molar-refractivity contribution >= 4 is 14.2 Å². The number of nitrogens with zero attached hydrogens (tertiary/aromatic N) is 1. The van der Waals surface area contributed by atoms with E-state index in [4.69, 9.17) is 9.16 Å². The van der Waals surface area contributed by atoms with Gasteiger partial charge < -0.3 is 14.1 Å². The van der Waals surface area contributed by atoms with Crippen LogP contribution in [0.5, 0.6) is 0 Å². The molecule has 5 heteroatoms.